The number of hydrogen-bond acceptors (Lipinski definition) is 15. The van der Waals surface area contributed by atoms with Gasteiger partial charge in [0.2, 0.25) is 0 Å². The SMILES string of the molecule is C=C1C=CC=C(c2nc3ccccc3n(C3C[C@H]4CCC[C@@H](C3)N4C3C[C@H]4CCC[C@@H](C3)C4)c2=O)N1CC(=O)O.C=C1C=NC=C(c2nc3ccccc3n(C3C[C@H]4CCC[C@@H](C3)N4C3C[C@H]4CCC[C@@H](C3)C4)c2=O)N1.C=C1CCCC(c2nc3ccccc3n(C3CC4CCCC(C3)N4C3C[C@H]4CC(C)C[C@@H](C3)C4)c2=O)N1CC(=O)O. The number of rotatable bonds is 13. The molecule has 20 heteroatoms. The molecule has 0 amide bonds. The van der Waals surface area contributed by atoms with E-state index < -0.39 is 11.9 Å². The standard InChI is InChI=1S/C34H46N4O3.C33H40N4O3.C30H37N5O/c1-21-13-23-15-24(14-21)17-27(16-23)37-25-8-6-9-26(37)19-28(18-25)38-30-11-4-3-10-29(30)35-33(34(38)41)31-12-5-7-22(2)36(31)20-32(39)40;1-21-7-4-14-30(35(21)20-31(38)39)32-33(40)37(29-13-3-2-12-28(29)34-32)27-18-24-10-6-11-25(19-27)36(24)26-16-22-8-5-9-23(15-22)17-26;1-19-17-31-18-27(32-19)29-30(36)35(28-11-3-2-10-26(28)33-29)25-15-22-8-5-9-23(16-25)34(22)24-13-20-6-4-7-21(12-20)14-24/h3-4,10-11,21,23-28,31H,2,5-9,12-20H2,1H3,(H,39,40);2-4,7,12-14,22-27H,1,5-6,8-11,15-20H2,(H,38,39);2-3,10-11,17-18,20-25,32H,1,4-9,12-16H2/t21?,23-,24+,25?,26?,27?,28?,31?;22-,23+,24-,25+,26?,27?;20-,21+,22-,23+,24?,25?. The number of fused-ring (bicyclic) bond motifs is 15. The van der Waals surface area contributed by atoms with Crippen molar-refractivity contribution in [2.24, 2.45) is 46.4 Å². The number of carboxylic acids is 2. The van der Waals surface area contributed by atoms with Crippen molar-refractivity contribution in [3.8, 4) is 0 Å². The van der Waals surface area contributed by atoms with Gasteiger partial charge in [-0.1, -0.05) is 127 Å². The van der Waals surface area contributed by atoms with Crippen LogP contribution in [0.3, 0.4) is 0 Å². The zero-order valence-electron chi connectivity index (χ0n) is 68.9. The first kappa shape index (κ1) is 78.3. The molecule has 3 aromatic heterocycles. The predicted octanol–water partition coefficient (Wildman–Crippen LogP) is 17.4. The van der Waals surface area contributed by atoms with Crippen LogP contribution in [0.4, 0.5) is 0 Å². The van der Waals surface area contributed by atoms with Crippen molar-refractivity contribution in [3.05, 3.63) is 182 Å². The van der Waals surface area contributed by atoms with Crippen LogP contribution in [0, 0.1) is 41.4 Å². The minimum atomic E-state index is -0.976. The van der Waals surface area contributed by atoms with Crippen LogP contribution in [0.25, 0.3) is 44.5 Å². The molecule has 20 nitrogen and oxygen atoms in total. The van der Waals surface area contributed by atoms with E-state index in [1.165, 1.54) is 167 Å². The van der Waals surface area contributed by atoms with Crippen LogP contribution in [0.1, 0.15) is 273 Å². The maximum atomic E-state index is 14.5. The van der Waals surface area contributed by atoms with E-state index in [9.17, 15) is 34.2 Å². The van der Waals surface area contributed by atoms with Crippen LogP contribution in [-0.4, -0.2) is 149 Å². The zero-order chi connectivity index (χ0) is 79.9. The molecule has 21 rings (SSSR count). The van der Waals surface area contributed by atoms with Gasteiger partial charge < -0.3 is 39.0 Å². The van der Waals surface area contributed by atoms with E-state index in [4.69, 9.17) is 15.0 Å². The molecule has 117 heavy (non-hydrogen) atoms. The molecule has 7 saturated heterocycles. The number of carboxylic acid groups (broad SMARTS) is 2. The molecule has 618 valence electrons. The Kier molecular flexibility index (Phi) is 22.2. The second-order valence-corrected chi connectivity index (χ2v) is 38.9. The Morgan fingerprint density at radius 2 is 0.855 bits per heavy atom. The Balaban J connectivity index is 0.000000117. The first-order valence-electron chi connectivity index (χ1n) is 45.7. The van der Waals surface area contributed by atoms with E-state index >= 15 is 0 Å². The molecule has 6 aromatic rings. The maximum Gasteiger partial charge on any atom is 0.323 e. The number of likely N-dealkylation sites (tertiary alicyclic amines) is 1. The van der Waals surface area contributed by atoms with Gasteiger partial charge >= 0.3 is 11.9 Å². The highest BCUT2D eigenvalue weighted by molar-refractivity contribution is 5.86. The summed E-state index contributed by atoms with van der Waals surface area (Å²) in [5.41, 5.74) is 9.41. The van der Waals surface area contributed by atoms with E-state index in [0.29, 0.717) is 88.2 Å². The first-order valence-corrected chi connectivity index (χ1v) is 45.7. The number of hydrogen-bond donors (Lipinski definition) is 3. The lowest BCUT2D eigenvalue weighted by Crippen LogP contribution is -2.59. The second-order valence-electron chi connectivity index (χ2n) is 38.9. The average Bonchev–Trinajstić information content (AvgIpc) is 0.746. The first-order chi connectivity index (χ1) is 56.9. The van der Waals surface area contributed by atoms with Gasteiger partial charge in [0.25, 0.3) is 16.7 Å². The molecule has 19 atom stereocenters. The molecule has 0 spiro atoms. The van der Waals surface area contributed by atoms with Gasteiger partial charge in [0.15, 0.2) is 11.4 Å². The van der Waals surface area contributed by atoms with Gasteiger partial charge in [-0.05, 0) is 257 Å². The van der Waals surface area contributed by atoms with Crippen molar-refractivity contribution in [2.75, 3.05) is 13.1 Å². The highest BCUT2D eigenvalue weighted by atomic mass is 16.4. The summed E-state index contributed by atoms with van der Waals surface area (Å²) in [5, 5.41) is 22.4. The summed E-state index contributed by atoms with van der Waals surface area (Å²) in [5.74, 6) is 4.52. The normalized spacial score (nSPS) is 34.2. The van der Waals surface area contributed by atoms with E-state index in [-0.39, 0.29) is 53.9 Å². The molecule has 6 aliphatic carbocycles. The van der Waals surface area contributed by atoms with Crippen molar-refractivity contribution in [2.45, 2.75) is 310 Å². The van der Waals surface area contributed by atoms with Gasteiger partial charge in [-0.25, -0.2) is 15.0 Å². The number of allylic oxidation sites excluding steroid dienone is 5. The average molecular weight is 1580 g/mol. The number of carbonyl (C=O) groups is 2. The van der Waals surface area contributed by atoms with Gasteiger partial charge in [0, 0.05) is 95.8 Å². The fourth-order valence-electron chi connectivity index (χ4n) is 27.3. The summed E-state index contributed by atoms with van der Waals surface area (Å²) in [6.07, 6.45) is 52.6. The minimum absolute atomic E-state index is 0.0129. The summed E-state index contributed by atoms with van der Waals surface area (Å²) < 4.78 is 6.17. The zero-order valence-corrected chi connectivity index (χ0v) is 68.9. The summed E-state index contributed by atoms with van der Waals surface area (Å²) >= 11 is 0. The molecule has 12 heterocycles. The summed E-state index contributed by atoms with van der Waals surface area (Å²) in [6, 6.07) is 29.6. The molecule has 12 bridgehead atoms. The number of aromatic nitrogens is 6. The number of nitrogens with zero attached hydrogens (tertiary/aromatic N) is 12. The molecule has 3 aromatic carbocycles. The third kappa shape index (κ3) is 15.6. The fourth-order valence-corrected chi connectivity index (χ4v) is 27.3. The summed E-state index contributed by atoms with van der Waals surface area (Å²) in [4.78, 5) is 97.4. The molecule has 6 saturated carbocycles. The molecule has 9 aliphatic heterocycles. The lowest BCUT2D eigenvalue weighted by molar-refractivity contribution is -0.139. The van der Waals surface area contributed by atoms with Gasteiger partial charge in [-0.3, -0.25) is 43.7 Å². The van der Waals surface area contributed by atoms with E-state index in [2.05, 4.69) is 66.9 Å². The topological polar surface area (TPSA) is 220 Å². The van der Waals surface area contributed by atoms with Gasteiger partial charge in [-0.15, -0.1) is 0 Å². The van der Waals surface area contributed by atoms with Crippen molar-refractivity contribution in [3.63, 3.8) is 0 Å². The predicted molar refractivity (Wildman–Crippen MR) is 462 cm³/mol. The lowest BCUT2D eigenvalue weighted by Gasteiger charge is -2.56. The van der Waals surface area contributed by atoms with Crippen LogP contribution in [0.5, 0.6) is 0 Å². The van der Waals surface area contributed by atoms with Gasteiger partial charge in [-0.2, -0.15) is 0 Å². The monoisotopic (exact) mass is 1580 g/mol. The summed E-state index contributed by atoms with van der Waals surface area (Å²) in [6.45, 7) is 14.2. The number of nitrogens with one attached hydrogen (secondary N) is 1. The minimum Gasteiger partial charge on any atom is -0.480 e. The number of aliphatic imine (C=N–C) groups is 1. The third-order valence-electron chi connectivity index (χ3n) is 31.4. The van der Waals surface area contributed by atoms with E-state index in [0.717, 1.165) is 144 Å². The molecule has 0 radical (unpaired) electrons. The van der Waals surface area contributed by atoms with Gasteiger partial charge in [0.05, 0.1) is 56.7 Å². The van der Waals surface area contributed by atoms with Crippen LogP contribution >= 0.6 is 0 Å². The second kappa shape index (κ2) is 33.2. The Labute approximate surface area is 689 Å². The quantitative estimate of drug-likeness (QED) is 0.0979. The van der Waals surface area contributed by atoms with Crippen molar-refractivity contribution >= 4 is 62.6 Å². The molecular weight excluding hydrogens is 1460 g/mol. The third-order valence-corrected chi connectivity index (χ3v) is 31.4. The Morgan fingerprint density at radius 3 is 1.32 bits per heavy atom. The Hall–Kier alpha value is -8.59. The highest BCUT2D eigenvalue weighted by Crippen LogP contribution is 2.53. The fraction of sp³-hybridized carbons (Fsp3) is 0.598. The smallest absolute Gasteiger partial charge is 0.323 e. The molecular formula is C97H123N13O7. The molecule has 15 aliphatic rings. The number of para-hydroxylation sites is 6. The van der Waals surface area contributed by atoms with Crippen LogP contribution in [0.15, 0.2) is 153 Å². The van der Waals surface area contributed by atoms with E-state index in [1.54, 1.807) is 29.5 Å². The lowest BCUT2D eigenvalue weighted by atomic mass is 9.65. The van der Waals surface area contributed by atoms with Crippen molar-refractivity contribution < 1.29 is 19.8 Å². The number of aliphatic carboxylic acids is 2. The maximum absolute atomic E-state index is 14.5. The highest BCUT2D eigenvalue weighted by Gasteiger charge is 2.51. The number of benzene rings is 3. The molecule has 3 N–H and O–H groups in total. The Bertz CT molecular complexity index is 5070. The van der Waals surface area contributed by atoms with Crippen LogP contribution in [-0.2, 0) is 9.59 Å². The van der Waals surface area contributed by atoms with Crippen molar-refractivity contribution in [1.82, 2.24) is 58.5 Å². The van der Waals surface area contributed by atoms with Crippen LogP contribution in [0.2, 0.25) is 0 Å². The molecule has 9 unspecified atom stereocenters. The van der Waals surface area contributed by atoms with Crippen LogP contribution < -0.4 is 22.0 Å². The van der Waals surface area contributed by atoms with Crippen molar-refractivity contribution in [1.29, 1.82) is 0 Å². The largest absolute Gasteiger partial charge is 0.480 e. The number of piperidine rings is 7. The summed E-state index contributed by atoms with van der Waals surface area (Å²) in [7, 11) is 0. The van der Waals surface area contributed by atoms with E-state index in [1.807, 2.05) is 82.3 Å². The molecule has 13 fully saturated rings. The van der Waals surface area contributed by atoms with Gasteiger partial charge in [0.1, 0.15) is 18.8 Å². The Morgan fingerprint density at radius 1 is 0.444 bits per heavy atom.